The van der Waals surface area contributed by atoms with Crippen molar-refractivity contribution in [1.29, 1.82) is 0 Å². The van der Waals surface area contributed by atoms with Crippen LogP contribution in [0.2, 0.25) is 0 Å². The van der Waals surface area contributed by atoms with Gasteiger partial charge in [0.1, 0.15) is 5.75 Å². The van der Waals surface area contributed by atoms with E-state index in [1.165, 1.54) is 5.56 Å². The van der Waals surface area contributed by atoms with Crippen LogP contribution in [-0.4, -0.2) is 26.6 Å². The van der Waals surface area contributed by atoms with Gasteiger partial charge in [0.15, 0.2) is 17.5 Å². The number of benzene rings is 4. The molecule has 0 saturated heterocycles. The van der Waals surface area contributed by atoms with E-state index in [1.807, 2.05) is 90.5 Å². The monoisotopic (exact) mass is 588 g/mol. The van der Waals surface area contributed by atoms with E-state index in [0.29, 0.717) is 17.5 Å². The van der Waals surface area contributed by atoms with Crippen LogP contribution in [0.4, 0.5) is 22.9 Å². The normalized spacial score (nSPS) is 15.5. The predicted octanol–water partition coefficient (Wildman–Crippen LogP) is 7.75. The average molecular weight is 589 g/mol. The van der Waals surface area contributed by atoms with Crippen LogP contribution in [0, 0.1) is 13.8 Å². The van der Waals surface area contributed by atoms with Crippen molar-refractivity contribution in [2.75, 3.05) is 10.2 Å². The van der Waals surface area contributed by atoms with Crippen molar-refractivity contribution in [3.8, 4) is 11.4 Å². The molecule has 5 aromatic rings. The summed E-state index contributed by atoms with van der Waals surface area (Å²) in [6.07, 6.45) is 0. The summed E-state index contributed by atoms with van der Waals surface area (Å²) in [5.74, 6) is 2.16. The van der Waals surface area contributed by atoms with E-state index in [1.54, 1.807) is 6.07 Å². The number of aryl methyl sites for hydroxylation is 2. The van der Waals surface area contributed by atoms with Gasteiger partial charge in [-0.05, 0) is 68.4 Å². The fourth-order valence-corrected chi connectivity index (χ4v) is 5.74. The molecule has 0 bridgehead atoms. The molecule has 1 unspecified atom stereocenters. The van der Waals surface area contributed by atoms with Crippen LogP contribution in [0.25, 0.3) is 5.69 Å². The van der Waals surface area contributed by atoms with Crippen molar-refractivity contribution in [3.63, 3.8) is 0 Å². The van der Waals surface area contributed by atoms with E-state index in [2.05, 4.69) is 45.2 Å². The number of anilines is 2. The Morgan fingerprint density at radius 3 is 2.40 bits per heavy atom. The van der Waals surface area contributed by atoms with Crippen molar-refractivity contribution in [1.82, 2.24) is 9.78 Å². The fourth-order valence-electron chi connectivity index (χ4n) is 5.36. The number of para-hydroxylation sites is 3. The predicted molar refractivity (Wildman–Crippen MR) is 164 cm³/mol. The van der Waals surface area contributed by atoms with Crippen LogP contribution in [0.5, 0.6) is 5.75 Å². The Hall–Kier alpha value is -4.69. The van der Waals surface area contributed by atoms with E-state index in [0.717, 1.165) is 44.0 Å². The SMILES string of the molecule is Cc1ccc(NC2=Nc3ccccc3N3C2=Nc2c(c(C)nn2-c2ccccc2)C3c2cc(Br)ccc2O)cc1. The van der Waals surface area contributed by atoms with Gasteiger partial charge in [0, 0.05) is 21.3 Å². The summed E-state index contributed by atoms with van der Waals surface area (Å²) >= 11 is 3.63. The van der Waals surface area contributed by atoms with E-state index in [-0.39, 0.29) is 5.75 Å². The number of halogens is 1. The number of phenolic OH excluding ortho intramolecular Hbond substituents is 1. The van der Waals surface area contributed by atoms with Crippen molar-refractivity contribution in [2.45, 2.75) is 19.9 Å². The highest BCUT2D eigenvalue weighted by Gasteiger charge is 2.42. The number of hydrogen-bond donors (Lipinski definition) is 2. The zero-order chi connectivity index (χ0) is 27.4. The number of phenols is 1. The van der Waals surface area contributed by atoms with Gasteiger partial charge >= 0.3 is 0 Å². The first-order chi connectivity index (χ1) is 19.5. The van der Waals surface area contributed by atoms with Crippen LogP contribution in [0.15, 0.2) is 112 Å². The van der Waals surface area contributed by atoms with Gasteiger partial charge in [0.05, 0.1) is 28.8 Å². The lowest BCUT2D eigenvalue weighted by Crippen LogP contribution is -2.46. The number of nitrogens with zero attached hydrogens (tertiary/aromatic N) is 5. The number of hydrogen-bond acceptors (Lipinski definition) is 6. The Morgan fingerprint density at radius 2 is 1.60 bits per heavy atom. The second kappa shape index (κ2) is 9.50. The van der Waals surface area contributed by atoms with Gasteiger partial charge in [-0.15, -0.1) is 0 Å². The minimum Gasteiger partial charge on any atom is -0.508 e. The van der Waals surface area contributed by atoms with Crippen LogP contribution in [0.1, 0.15) is 28.4 Å². The lowest BCUT2D eigenvalue weighted by molar-refractivity contribution is 0.465. The summed E-state index contributed by atoms with van der Waals surface area (Å²) in [7, 11) is 0. The minimum absolute atomic E-state index is 0.195. The lowest BCUT2D eigenvalue weighted by atomic mass is 9.92. The lowest BCUT2D eigenvalue weighted by Gasteiger charge is -2.40. The minimum atomic E-state index is -0.413. The summed E-state index contributed by atoms with van der Waals surface area (Å²) in [6.45, 7) is 4.06. The molecular formula is C32H25BrN6O. The van der Waals surface area contributed by atoms with Gasteiger partial charge < -0.3 is 15.3 Å². The molecule has 7 nitrogen and oxygen atoms in total. The largest absolute Gasteiger partial charge is 0.508 e. The Balaban J connectivity index is 1.52. The summed E-state index contributed by atoms with van der Waals surface area (Å²) < 4.78 is 2.75. The van der Waals surface area contributed by atoms with Gasteiger partial charge in [-0.25, -0.2) is 14.7 Å². The van der Waals surface area contributed by atoms with Crippen LogP contribution in [0.3, 0.4) is 0 Å². The Kier molecular flexibility index (Phi) is 5.78. The van der Waals surface area contributed by atoms with Gasteiger partial charge in [-0.1, -0.05) is 64.0 Å². The molecule has 2 N–H and O–H groups in total. The number of nitrogens with one attached hydrogen (secondary N) is 1. The highest BCUT2D eigenvalue weighted by molar-refractivity contribution is 9.10. The molecule has 7 rings (SSSR count). The van der Waals surface area contributed by atoms with Crippen molar-refractivity contribution in [3.05, 3.63) is 124 Å². The maximum absolute atomic E-state index is 11.2. The summed E-state index contributed by atoms with van der Waals surface area (Å²) in [5.41, 5.74) is 7.20. The molecule has 40 heavy (non-hydrogen) atoms. The van der Waals surface area contributed by atoms with Gasteiger partial charge in [0.25, 0.3) is 0 Å². The molecule has 2 aliphatic rings. The summed E-state index contributed by atoms with van der Waals surface area (Å²) in [4.78, 5) is 12.4. The third kappa shape index (κ3) is 3.99. The molecule has 196 valence electrons. The van der Waals surface area contributed by atoms with Crippen LogP contribution < -0.4 is 10.2 Å². The summed E-state index contributed by atoms with van der Waals surface area (Å²) in [5, 5.41) is 19.7. The van der Waals surface area contributed by atoms with Crippen molar-refractivity contribution in [2.24, 2.45) is 9.98 Å². The van der Waals surface area contributed by atoms with Gasteiger partial charge in [-0.3, -0.25) is 0 Å². The molecule has 8 heteroatoms. The van der Waals surface area contributed by atoms with E-state index in [4.69, 9.17) is 15.1 Å². The molecule has 2 aliphatic heterocycles. The van der Waals surface area contributed by atoms with Gasteiger partial charge in [-0.2, -0.15) is 5.10 Å². The van der Waals surface area contributed by atoms with Crippen LogP contribution >= 0.6 is 15.9 Å². The Bertz CT molecular complexity index is 1820. The molecule has 0 aliphatic carbocycles. The first-order valence-corrected chi connectivity index (χ1v) is 13.8. The quantitative estimate of drug-likeness (QED) is 0.226. The Labute approximate surface area is 240 Å². The molecule has 3 heterocycles. The average Bonchev–Trinajstić information content (AvgIpc) is 3.31. The molecule has 1 atom stereocenters. The van der Waals surface area contributed by atoms with Gasteiger partial charge in [0.2, 0.25) is 0 Å². The van der Waals surface area contributed by atoms with Crippen molar-refractivity contribution < 1.29 is 5.11 Å². The van der Waals surface area contributed by atoms with E-state index >= 15 is 0 Å². The van der Waals surface area contributed by atoms with Crippen molar-refractivity contribution >= 4 is 50.5 Å². The molecule has 0 amide bonds. The molecule has 1 aromatic heterocycles. The molecule has 0 fully saturated rings. The second-order valence-corrected chi connectivity index (χ2v) is 10.8. The Morgan fingerprint density at radius 1 is 0.850 bits per heavy atom. The zero-order valence-electron chi connectivity index (χ0n) is 21.9. The molecule has 4 aromatic carbocycles. The molecule has 0 spiro atoms. The first kappa shape index (κ1) is 24.4. The maximum Gasteiger partial charge on any atom is 0.179 e. The smallest absolute Gasteiger partial charge is 0.179 e. The first-order valence-electron chi connectivity index (χ1n) is 13.0. The highest BCUT2D eigenvalue weighted by atomic mass is 79.9. The molecular weight excluding hydrogens is 564 g/mol. The molecule has 0 radical (unpaired) electrons. The third-order valence-corrected chi connectivity index (χ3v) is 7.73. The third-order valence-electron chi connectivity index (χ3n) is 7.24. The van der Waals surface area contributed by atoms with E-state index < -0.39 is 6.04 Å². The zero-order valence-corrected chi connectivity index (χ0v) is 23.5. The topological polar surface area (TPSA) is 78.0 Å². The number of aromatic nitrogens is 2. The number of amidine groups is 2. The second-order valence-electron chi connectivity index (χ2n) is 9.92. The fraction of sp³-hybridized carbons (Fsp3) is 0.0938. The number of rotatable bonds is 3. The summed E-state index contributed by atoms with van der Waals surface area (Å²) in [6, 6.07) is 31.3. The number of aromatic hydroxyl groups is 1. The molecule has 0 saturated carbocycles. The standard InChI is InChI=1S/C32H25BrN6O/c1-19-12-15-22(16-13-19)34-30-32-36-31-28(20(2)37-39(31)23-8-4-3-5-9-23)29(24-18-21(33)14-17-27(24)40)38(32)26-11-7-6-10-25(26)35-30/h3-18,29,40H,1-2H3,(H,34,35). The maximum atomic E-state index is 11.2. The van der Waals surface area contributed by atoms with E-state index in [9.17, 15) is 5.11 Å². The number of aliphatic imine (C=N–C) groups is 2. The number of fused-ring (bicyclic) bond motifs is 4. The highest BCUT2D eigenvalue weighted by Crippen LogP contribution is 2.50. The van der Waals surface area contributed by atoms with Crippen LogP contribution in [-0.2, 0) is 0 Å².